The first-order valence-corrected chi connectivity index (χ1v) is 11.1. The van der Waals surface area contributed by atoms with Gasteiger partial charge in [0.25, 0.3) is 17.7 Å². The standard InChI is InChI=1S/C24H24N4O6/c29-21(14-28-23(31)17-3-1-2-4-18(17)24(28)32)25-16-5-6-20-19(13-16)27(22(30)15-34-20)8-7-26-9-11-33-12-10-26/h1-6,13H,7-12,14-15H2,(H,25,29). The lowest BCUT2D eigenvalue weighted by Gasteiger charge is -2.33. The highest BCUT2D eigenvalue weighted by atomic mass is 16.5. The molecule has 0 radical (unpaired) electrons. The van der Waals surface area contributed by atoms with E-state index >= 15 is 0 Å². The van der Waals surface area contributed by atoms with Crippen LogP contribution >= 0.6 is 0 Å². The van der Waals surface area contributed by atoms with Crippen molar-refractivity contribution in [3.63, 3.8) is 0 Å². The van der Waals surface area contributed by atoms with E-state index < -0.39 is 24.3 Å². The van der Waals surface area contributed by atoms with E-state index in [4.69, 9.17) is 9.47 Å². The van der Waals surface area contributed by atoms with Gasteiger partial charge >= 0.3 is 0 Å². The Morgan fingerprint density at radius 1 is 0.912 bits per heavy atom. The molecule has 0 bridgehead atoms. The molecule has 0 spiro atoms. The lowest BCUT2D eigenvalue weighted by atomic mass is 10.1. The van der Waals surface area contributed by atoms with E-state index in [1.807, 2.05) is 0 Å². The highest BCUT2D eigenvalue weighted by molar-refractivity contribution is 6.22. The van der Waals surface area contributed by atoms with Gasteiger partial charge in [-0.1, -0.05) is 12.1 Å². The molecule has 176 valence electrons. The van der Waals surface area contributed by atoms with Gasteiger partial charge in [-0.2, -0.15) is 0 Å². The summed E-state index contributed by atoms with van der Waals surface area (Å²) in [4.78, 5) is 55.1. The van der Waals surface area contributed by atoms with E-state index in [9.17, 15) is 19.2 Å². The Morgan fingerprint density at radius 3 is 2.32 bits per heavy atom. The van der Waals surface area contributed by atoms with Crippen LogP contribution in [0.3, 0.4) is 0 Å². The van der Waals surface area contributed by atoms with Crippen molar-refractivity contribution < 1.29 is 28.7 Å². The van der Waals surface area contributed by atoms with Crippen molar-refractivity contribution in [1.29, 1.82) is 0 Å². The van der Waals surface area contributed by atoms with Crippen molar-refractivity contribution in [1.82, 2.24) is 9.80 Å². The number of anilines is 2. The first-order valence-electron chi connectivity index (χ1n) is 11.1. The Balaban J connectivity index is 1.27. The molecule has 34 heavy (non-hydrogen) atoms. The number of benzene rings is 2. The molecule has 0 atom stereocenters. The third-order valence-electron chi connectivity index (χ3n) is 6.11. The predicted molar refractivity (Wildman–Crippen MR) is 122 cm³/mol. The van der Waals surface area contributed by atoms with Crippen LogP contribution in [0.1, 0.15) is 20.7 Å². The van der Waals surface area contributed by atoms with Crippen LogP contribution in [0, 0.1) is 0 Å². The molecular weight excluding hydrogens is 440 g/mol. The maximum Gasteiger partial charge on any atom is 0.265 e. The lowest BCUT2D eigenvalue weighted by Crippen LogP contribution is -2.46. The normalized spacial score (nSPS) is 17.9. The smallest absolute Gasteiger partial charge is 0.265 e. The highest BCUT2D eigenvalue weighted by Crippen LogP contribution is 2.34. The van der Waals surface area contributed by atoms with Gasteiger partial charge in [0.1, 0.15) is 12.3 Å². The zero-order valence-electron chi connectivity index (χ0n) is 18.5. The molecule has 10 nitrogen and oxygen atoms in total. The van der Waals surface area contributed by atoms with Gasteiger partial charge in [0.15, 0.2) is 6.61 Å². The summed E-state index contributed by atoms with van der Waals surface area (Å²) in [5.74, 6) is -1.10. The molecule has 0 aliphatic carbocycles. The molecule has 0 aromatic heterocycles. The first-order chi connectivity index (χ1) is 16.5. The summed E-state index contributed by atoms with van der Waals surface area (Å²) in [5.41, 5.74) is 1.60. The number of ether oxygens (including phenoxy) is 2. The fraction of sp³-hybridized carbons (Fsp3) is 0.333. The van der Waals surface area contributed by atoms with E-state index in [0.29, 0.717) is 54.6 Å². The maximum atomic E-state index is 12.7. The number of morpholine rings is 1. The molecule has 5 rings (SSSR count). The molecule has 0 saturated carbocycles. The van der Waals surface area contributed by atoms with Crippen LogP contribution < -0.4 is 15.0 Å². The minimum absolute atomic E-state index is 0.0401. The second kappa shape index (κ2) is 9.24. The van der Waals surface area contributed by atoms with E-state index in [0.717, 1.165) is 18.0 Å². The van der Waals surface area contributed by atoms with Gasteiger partial charge in [-0.15, -0.1) is 0 Å². The Bertz CT molecular complexity index is 1120. The Labute approximate surface area is 196 Å². The minimum atomic E-state index is -0.516. The molecule has 2 aromatic carbocycles. The van der Waals surface area contributed by atoms with Crippen LogP contribution in [-0.2, 0) is 14.3 Å². The minimum Gasteiger partial charge on any atom is -0.482 e. The van der Waals surface area contributed by atoms with Gasteiger partial charge in [0.2, 0.25) is 5.91 Å². The van der Waals surface area contributed by atoms with Crippen LogP contribution in [-0.4, -0.2) is 86.0 Å². The monoisotopic (exact) mass is 464 g/mol. The van der Waals surface area contributed by atoms with Crippen molar-refractivity contribution in [2.45, 2.75) is 0 Å². The summed E-state index contributed by atoms with van der Waals surface area (Å²) in [6.45, 7) is 3.74. The summed E-state index contributed by atoms with van der Waals surface area (Å²) in [6.07, 6.45) is 0. The van der Waals surface area contributed by atoms with Crippen LogP contribution in [0.25, 0.3) is 0 Å². The molecule has 2 aromatic rings. The summed E-state index contributed by atoms with van der Waals surface area (Å²) in [7, 11) is 0. The third kappa shape index (κ3) is 4.25. The van der Waals surface area contributed by atoms with Gasteiger partial charge in [-0.3, -0.25) is 29.0 Å². The van der Waals surface area contributed by atoms with E-state index in [1.165, 1.54) is 0 Å². The van der Waals surface area contributed by atoms with Crippen molar-refractivity contribution in [2.75, 3.05) is 62.8 Å². The van der Waals surface area contributed by atoms with Gasteiger partial charge in [-0.25, -0.2) is 0 Å². The van der Waals surface area contributed by atoms with Crippen LogP contribution in [0.4, 0.5) is 11.4 Å². The van der Waals surface area contributed by atoms with Crippen molar-refractivity contribution >= 4 is 35.0 Å². The predicted octanol–water partition coefficient (Wildman–Crippen LogP) is 0.979. The van der Waals surface area contributed by atoms with Crippen molar-refractivity contribution in [3.8, 4) is 5.75 Å². The molecule has 1 saturated heterocycles. The Hall–Kier alpha value is -3.76. The van der Waals surface area contributed by atoms with Crippen molar-refractivity contribution in [2.24, 2.45) is 0 Å². The number of rotatable bonds is 6. The number of carbonyl (C=O) groups excluding carboxylic acids is 4. The fourth-order valence-electron chi connectivity index (χ4n) is 4.32. The largest absolute Gasteiger partial charge is 0.482 e. The number of nitrogens with zero attached hydrogens (tertiary/aromatic N) is 3. The van der Waals surface area contributed by atoms with Gasteiger partial charge < -0.3 is 19.7 Å². The Kier molecular flexibility index (Phi) is 5.99. The summed E-state index contributed by atoms with van der Waals surface area (Å²) >= 11 is 0. The number of fused-ring (bicyclic) bond motifs is 2. The van der Waals surface area contributed by atoms with E-state index in [2.05, 4.69) is 10.2 Å². The van der Waals surface area contributed by atoms with E-state index in [-0.39, 0.29) is 12.5 Å². The van der Waals surface area contributed by atoms with E-state index in [1.54, 1.807) is 47.4 Å². The average Bonchev–Trinajstić information content (AvgIpc) is 3.09. The highest BCUT2D eigenvalue weighted by Gasteiger charge is 2.36. The molecule has 0 unspecified atom stereocenters. The number of carbonyl (C=O) groups is 4. The topological polar surface area (TPSA) is 108 Å². The average molecular weight is 464 g/mol. The summed E-state index contributed by atoms with van der Waals surface area (Å²) in [5, 5.41) is 2.72. The number of nitrogens with one attached hydrogen (secondary N) is 1. The summed E-state index contributed by atoms with van der Waals surface area (Å²) in [6, 6.07) is 11.5. The molecule has 1 fully saturated rings. The van der Waals surface area contributed by atoms with Crippen LogP contribution in [0.15, 0.2) is 42.5 Å². The number of hydrogen-bond donors (Lipinski definition) is 1. The van der Waals surface area contributed by atoms with Crippen LogP contribution in [0.2, 0.25) is 0 Å². The molecule has 3 heterocycles. The zero-order valence-corrected chi connectivity index (χ0v) is 18.5. The van der Waals surface area contributed by atoms with Crippen LogP contribution in [0.5, 0.6) is 5.75 Å². The zero-order chi connectivity index (χ0) is 23.7. The molecule has 10 heteroatoms. The SMILES string of the molecule is O=C(CN1C(=O)c2ccccc2C1=O)Nc1ccc2c(c1)N(CCN1CCOCC1)C(=O)CO2. The number of amides is 4. The molecule has 4 amide bonds. The second-order valence-electron chi connectivity index (χ2n) is 8.26. The molecular formula is C24H24N4O6. The second-order valence-corrected chi connectivity index (χ2v) is 8.26. The Morgan fingerprint density at radius 2 is 1.62 bits per heavy atom. The molecule has 1 N–H and O–H groups in total. The quantitative estimate of drug-likeness (QED) is 0.635. The lowest BCUT2D eigenvalue weighted by molar-refractivity contribution is -0.121. The third-order valence-corrected chi connectivity index (χ3v) is 6.11. The fourth-order valence-corrected chi connectivity index (χ4v) is 4.32. The number of hydrogen-bond acceptors (Lipinski definition) is 7. The molecule has 3 aliphatic heterocycles. The van der Waals surface area contributed by atoms with Gasteiger partial charge in [-0.05, 0) is 30.3 Å². The number of imide groups is 1. The first kappa shape index (κ1) is 22.1. The summed E-state index contributed by atoms with van der Waals surface area (Å²) < 4.78 is 10.9. The maximum absolute atomic E-state index is 12.7. The van der Waals surface area contributed by atoms with Gasteiger partial charge in [0.05, 0.1) is 30.0 Å². The molecule has 3 aliphatic rings. The van der Waals surface area contributed by atoms with Gasteiger partial charge in [0, 0.05) is 31.9 Å². The van der Waals surface area contributed by atoms with Crippen molar-refractivity contribution in [3.05, 3.63) is 53.6 Å².